The second kappa shape index (κ2) is 7.77. The molecular weight excluding hydrogens is 366 g/mol. The van der Waals surface area contributed by atoms with Gasteiger partial charge < -0.3 is 10.0 Å². The number of likely N-dealkylation sites (N-methyl/N-ethyl adjacent to an activating group) is 1. The number of aromatic nitrogens is 3. The third-order valence-corrected chi connectivity index (χ3v) is 5.90. The number of rotatable bonds is 4. The van der Waals surface area contributed by atoms with Crippen LogP contribution >= 0.6 is 0 Å². The number of para-hydroxylation sites is 1. The molecule has 0 aliphatic carbocycles. The SMILES string of the molecule is CN(C)[C@]1(c2ccccc2)CCN(C(=O)c2ccccc2-n2cnnc2)C[C@H]1O. The molecule has 1 amide bonds. The molecule has 2 atom stereocenters. The number of hydrogen-bond acceptors (Lipinski definition) is 5. The van der Waals surface area contributed by atoms with Crippen molar-refractivity contribution in [2.45, 2.75) is 18.1 Å². The highest BCUT2D eigenvalue weighted by Gasteiger charge is 2.46. The summed E-state index contributed by atoms with van der Waals surface area (Å²) in [6, 6.07) is 17.4. The third-order valence-electron chi connectivity index (χ3n) is 5.90. The maximum atomic E-state index is 13.3. The van der Waals surface area contributed by atoms with Crippen molar-refractivity contribution in [1.29, 1.82) is 0 Å². The van der Waals surface area contributed by atoms with Crippen LogP contribution in [-0.4, -0.2) is 68.9 Å². The lowest BCUT2D eigenvalue weighted by Gasteiger charge is -2.49. The molecule has 7 heteroatoms. The van der Waals surface area contributed by atoms with Gasteiger partial charge >= 0.3 is 0 Å². The lowest BCUT2D eigenvalue weighted by molar-refractivity contribution is -0.0612. The molecule has 0 spiro atoms. The Kier molecular flexibility index (Phi) is 5.17. The van der Waals surface area contributed by atoms with Gasteiger partial charge in [0, 0.05) is 13.1 Å². The fourth-order valence-electron chi connectivity index (χ4n) is 4.33. The summed E-state index contributed by atoms with van der Waals surface area (Å²) in [5, 5.41) is 18.9. The first kappa shape index (κ1) is 19.3. The van der Waals surface area contributed by atoms with Crippen LogP contribution in [0.3, 0.4) is 0 Å². The van der Waals surface area contributed by atoms with Crippen LogP contribution in [0.2, 0.25) is 0 Å². The van der Waals surface area contributed by atoms with Gasteiger partial charge in [0.25, 0.3) is 5.91 Å². The van der Waals surface area contributed by atoms with Gasteiger partial charge in [0.1, 0.15) is 12.7 Å². The molecule has 0 bridgehead atoms. The fourth-order valence-corrected chi connectivity index (χ4v) is 4.33. The second-order valence-corrected chi connectivity index (χ2v) is 7.59. The molecule has 150 valence electrons. The molecule has 1 aromatic heterocycles. The van der Waals surface area contributed by atoms with E-state index in [0.29, 0.717) is 18.5 Å². The zero-order valence-corrected chi connectivity index (χ0v) is 16.6. The zero-order chi connectivity index (χ0) is 20.4. The molecule has 1 fully saturated rings. The molecule has 29 heavy (non-hydrogen) atoms. The number of carbonyl (C=O) groups is 1. The predicted octanol–water partition coefficient (Wildman–Crippen LogP) is 1.93. The van der Waals surface area contributed by atoms with E-state index in [9.17, 15) is 9.90 Å². The van der Waals surface area contributed by atoms with Crippen LogP contribution in [0.5, 0.6) is 0 Å². The largest absolute Gasteiger partial charge is 0.389 e. The number of hydrogen-bond donors (Lipinski definition) is 1. The molecule has 0 unspecified atom stereocenters. The molecule has 0 saturated carbocycles. The fraction of sp³-hybridized carbons (Fsp3) is 0.318. The Hall–Kier alpha value is -3.03. The van der Waals surface area contributed by atoms with Gasteiger partial charge in [-0.2, -0.15) is 0 Å². The van der Waals surface area contributed by atoms with E-state index in [1.807, 2.05) is 62.6 Å². The number of amides is 1. The lowest BCUT2D eigenvalue weighted by atomic mass is 9.77. The minimum atomic E-state index is -0.709. The highest BCUT2D eigenvalue weighted by molar-refractivity contribution is 5.98. The van der Waals surface area contributed by atoms with Crippen LogP contribution in [0.1, 0.15) is 22.3 Å². The molecule has 2 aromatic carbocycles. The average Bonchev–Trinajstić information content (AvgIpc) is 3.28. The van der Waals surface area contributed by atoms with Crippen molar-refractivity contribution >= 4 is 5.91 Å². The third kappa shape index (κ3) is 3.32. The van der Waals surface area contributed by atoms with E-state index in [1.165, 1.54) is 0 Å². The van der Waals surface area contributed by atoms with Gasteiger partial charge in [-0.1, -0.05) is 42.5 Å². The van der Waals surface area contributed by atoms with E-state index in [1.54, 1.807) is 28.2 Å². The normalized spacial score (nSPS) is 22.1. The highest BCUT2D eigenvalue weighted by Crippen LogP contribution is 2.38. The smallest absolute Gasteiger partial charge is 0.256 e. The summed E-state index contributed by atoms with van der Waals surface area (Å²) in [4.78, 5) is 17.1. The van der Waals surface area contributed by atoms with Crippen LogP contribution in [0.25, 0.3) is 5.69 Å². The Bertz CT molecular complexity index is 974. The minimum Gasteiger partial charge on any atom is -0.389 e. The number of nitrogens with zero attached hydrogens (tertiary/aromatic N) is 5. The van der Waals surface area contributed by atoms with E-state index >= 15 is 0 Å². The quantitative estimate of drug-likeness (QED) is 0.736. The van der Waals surface area contributed by atoms with Crippen LogP contribution in [0, 0.1) is 0 Å². The van der Waals surface area contributed by atoms with Crippen LogP contribution in [0.4, 0.5) is 0 Å². The van der Waals surface area contributed by atoms with Crippen molar-refractivity contribution < 1.29 is 9.90 Å². The van der Waals surface area contributed by atoms with Crippen LogP contribution < -0.4 is 0 Å². The number of benzene rings is 2. The standard InChI is InChI=1S/C22H25N5O2/c1-25(2)22(17-8-4-3-5-9-17)12-13-26(14-20(22)28)21(29)18-10-6-7-11-19(18)27-15-23-24-16-27/h3-11,15-16,20,28H,12-14H2,1-2H3/t20-,22+/m1/s1. The number of likely N-dealkylation sites (tertiary alicyclic amines) is 1. The molecule has 1 saturated heterocycles. The molecule has 0 radical (unpaired) electrons. The van der Waals surface area contributed by atoms with Gasteiger partial charge in [-0.25, -0.2) is 0 Å². The Morgan fingerprint density at radius 1 is 1.07 bits per heavy atom. The Balaban J connectivity index is 1.62. The first-order chi connectivity index (χ1) is 14.0. The van der Waals surface area contributed by atoms with Crippen molar-refractivity contribution in [3.63, 3.8) is 0 Å². The molecule has 1 aliphatic heterocycles. The molecule has 1 aliphatic rings. The zero-order valence-electron chi connectivity index (χ0n) is 16.6. The van der Waals surface area contributed by atoms with Crippen molar-refractivity contribution in [3.8, 4) is 5.69 Å². The van der Waals surface area contributed by atoms with Crippen molar-refractivity contribution in [2.75, 3.05) is 27.2 Å². The molecule has 4 rings (SSSR count). The van der Waals surface area contributed by atoms with Crippen molar-refractivity contribution in [1.82, 2.24) is 24.6 Å². The summed E-state index contributed by atoms with van der Waals surface area (Å²) in [5.41, 5.74) is 1.83. The summed E-state index contributed by atoms with van der Waals surface area (Å²) >= 11 is 0. The number of carbonyl (C=O) groups excluding carboxylic acids is 1. The maximum Gasteiger partial charge on any atom is 0.256 e. The Morgan fingerprint density at radius 2 is 1.72 bits per heavy atom. The van der Waals surface area contributed by atoms with E-state index in [2.05, 4.69) is 15.1 Å². The van der Waals surface area contributed by atoms with Gasteiger partial charge in [0.05, 0.1) is 22.9 Å². The highest BCUT2D eigenvalue weighted by atomic mass is 16.3. The monoisotopic (exact) mass is 391 g/mol. The van der Waals surface area contributed by atoms with Gasteiger partial charge in [-0.15, -0.1) is 10.2 Å². The van der Waals surface area contributed by atoms with E-state index < -0.39 is 11.6 Å². The second-order valence-electron chi connectivity index (χ2n) is 7.59. The van der Waals surface area contributed by atoms with Gasteiger partial charge in [0.2, 0.25) is 0 Å². The van der Waals surface area contributed by atoms with Crippen LogP contribution in [0.15, 0.2) is 67.3 Å². The molecule has 3 aromatic rings. The number of aliphatic hydroxyl groups excluding tert-OH is 1. The summed E-state index contributed by atoms with van der Waals surface area (Å²) in [7, 11) is 3.96. The molecule has 1 N–H and O–H groups in total. The average molecular weight is 391 g/mol. The number of β-amino-alcohol motifs (C(OH)–C–C–N with tert-alkyl or cyclic N) is 1. The van der Waals surface area contributed by atoms with E-state index in [0.717, 1.165) is 11.3 Å². The van der Waals surface area contributed by atoms with Gasteiger partial charge in [0.15, 0.2) is 0 Å². The maximum absolute atomic E-state index is 13.3. The minimum absolute atomic E-state index is 0.103. The van der Waals surface area contributed by atoms with Gasteiger partial charge in [-0.05, 0) is 38.2 Å². The van der Waals surface area contributed by atoms with E-state index in [-0.39, 0.29) is 12.5 Å². The number of aliphatic hydroxyl groups is 1. The first-order valence-corrected chi connectivity index (χ1v) is 9.68. The topological polar surface area (TPSA) is 74.5 Å². The number of piperidine rings is 1. The van der Waals surface area contributed by atoms with Crippen molar-refractivity contribution in [3.05, 3.63) is 78.4 Å². The summed E-state index contributed by atoms with van der Waals surface area (Å²) < 4.78 is 1.72. The van der Waals surface area contributed by atoms with Crippen molar-refractivity contribution in [2.24, 2.45) is 0 Å². The van der Waals surface area contributed by atoms with Crippen LogP contribution in [-0.2, 0) is 5.54 Å². The van der Waals surface area contributed by atoms with Gasteiger partial charge in [-0.3, -0.25) is 14.3 Å². The lowest BCUT2D eigenvalue weighted by Crippen LogP contribution is -2.60. The van der Waals surface area contributed by atoms with E-state index in [4.69, 9.17) is 0 Å². The Labute approximate surface area is 170 Å². The summed E-state index contributed by atoms with van der Waals surface area (Å²) in [5.74, 6) is -0.103. The predicted molar refractivity (Wildman–Crippen MR) is 110 cm³/mol. The molecule has 7 nitrogen and oxygen atoms in total. The summed E-state index contributed by atoms with van der Waals surface area (Å²) in [6.07, 6.45) is 3.08. The summed E-state index contributed by atoms with van der Waals surface area (Å²) in [6.45, 7) is 0.821. The molecular formula is C22H25N5O2. The Morgan fingerprint density at radius 3 is 2.38 bits per heavy atom. The molecule has 2 heterocycles. The first-order valence-electron chi connectivity index (χ1n) is 9.68.